The molecule has 0 heterocycles. The molecular formula is C11H24N4O2. The van der Waals surface area contributed by atoms with Crippen LogP contribution in [0.5, 0.6) is 0 Å². The number of urea groups is 1. The summed E-state index contributed by atoms with van der Waals surface area (Å²) in [5.41, 5.74) is 0. The second-order valence-corrected chi connectivity index (χ2v) is 4.00. The number of hydrogen-bond acceptors (Lipinski definition) is 4. The number of nitrogens with zero attached hydrogens (tertiary/aromatic N) is 1. The van der Waals surface area contributed by atoms with Crippen molar-refractivity contribution in [3.8, 4) is 0 Å². The average molecular weight is 244 g/mol. The van der Waals surface area contributed by atoms with Crippen molar-refractivity contribution in [2.75, 3.05) is 40.3 Å². The first kappa shape index (κ1) is 15.9. The van der Waals surface area contributed by atoms with Gasteiger partial charge in [-0.05, 0) is 20.5 Å². The fraction of sp³-hybridized carbons (Fsp3) is 0.818. The van der Waals surface area contributed by atoms with E-state index >= 15 is 0 Å². The molecule has 0 aromatic heterocycles. The molecule has 0 aliphatic carbocycles. The zero-order valence-corrected chi connectivity index (χ0v) is 11.0. The van der Waals surface area contributed by atoms with Gasteiger partial charge in [-0.25, -0.2) is 4.79 Å². The number of unbranched alkanes of at least 4 members (excludes halogenated alkanes) is 1. The smallest absolute Gasteiger partial charge is 0.321 e. The monoisotopic (exact) mass is 244 g/mol. The Labute approximate surface area is 103 Å². The van der Waals surface area contributed by atoms with E-state index in [9.17, 15) is 9.59 Å². The van der Waals surface area contributed by atoms with Crippen molar-refractivity contribution in [3.05, 3.63) is 0 Å². The number of nitrogens with one attached hydrogen (secondary N) is 3. The normalized spacial score (nSPS) is 10.4. The van der Waals surface area contributed by atoms with Gasteiger partial charge in [0.15, 0.2) is 0 Å². The Hall–Kier alpha value is -1.14. The van der Waals surface area contributed by atoms with Gasteiger partial charge in [-0.2, -0.15) is 0 Å². The Bertz CT molecular complexity index is 234. The zero-order chi connectivity index (χ0) is 13.1. The molecule has 17 heavy (non-hydrogen) atoms. The number of imide groups is 1. The largest absolute Gasteiger partial charge is 0.338 e. The number of carbonyl (C=O) groups is 2. The predicted molar refractivity (Wildman–Crippen MR) is 67.9 cm³/mol. The van der Waals surface area contributed by atoms with Crippen LogP contribution in [0.15, 0.2) is 0 Å². The lowest BCUT2D eigenvalue weighted by molar-refractivity contribution is -0.120. The van der Waals surface area contributed by atoms with E-state index < -0.39 is 6.03 Å². The number of carbonyl (C=O) groups excluding carboxylic acids is 2. The molecule has 0 aliphatic rings. The van der Waals surface area contributed by atoms with Gasteiger partial charge in [0, 0.05) is 19.6 Å². The maximum Gasteiger partial charge on any atom is 0.321 e. The van der Waals surface area contributed by atoms with Gasteiger partial charge in [0.25, 0.3) is 0 Å². The number of amides is 3. The Morgan fingerprint density at radius 3 is 2.53 bits per heavy atom. The van der Waals surface area contributed by atoms with E-state index in [2.05, 4.69) is 16.0 Å². The molecule has 6 heteroatoms. The maximum absolute atomic E-state index is 11.4. The van der Waals surface area contributed by atoms with E-state index in [-0.39, 0.29) is 12.5 Å². The Balaban J connectivity index is 3.66. The molecule has 0 aromatic carbocycles. The highest BCUT2D eigenvalue weighted by molar-refractivity contribution is 5.95. The van der Waals surface area contributed by atoms with Crippen molar-refractivity contribution >= 4 is 11.9 Å². The van der Waals surface area contributed by atoms with Gasteiger partial charge < -0.3 is 10.6 Å². The summed E-state index contributed by atoms with van der Waals surface area (Å²) in [6.45, 7) is 4.45. The van der Waals surface area contributed by atoms with Gasteiger partial charge in [-0.3, -0.25) is 15.0 Å². The lowest BCUT2D eigenvalue weighted by Crippen LogP contribution is -2.44. The minimum Gasteiger partial charge on any atom is -0.338 e. The van der Waals surface area contributed by atoms with Crippen LogP contribution < -0.4 is 16.0 Å². The Morgan fingerprint density at radius 2 is 1.94 bits per heavy atom. The summed E-state index contributed by atoms with van der Waals surface area (Å²) < 4.78 is 0. The molecule has 3 N–H and O–H groups in total. The lowest BCUT2D eigenvalue weighted by atomic mass is 10.3. The summed E-state index contributed by atoms with van der Waals surface area (Å²) in [7, 11) is 3.70. The fourth-order valence-corrected chi connectivity index (χ4v) is 1.22. The van der Waals surface area contributed by atoms with E-state index in [0.29, 0.717) is 6.54 Å². The molecular weight excluding hydrogens is 220 g/mol. The van der Waals surface area contributed by atoms with Gasteiger partial charge in [0.2, 0.25) is 5.91 Å². The van der Waals surface area contributed by atoms with Crippen molar-refractivity contribution in [3.63, 3.8) is 0 Å². The molecule has 0 saturated carbocycles. The quantitative estimate of drug-likeness (QED) is 0.515. The molecule has 0 fully saturated rings. The fourth-order valence-electron chi connectivity index (χ4n) is 1.22. The van der Waals surface area contributed by atoms with Gasteiger partial charge in [-0.1, -0.05) is 13.3 Å². The molecule has 100 valence electrons. The number of rotatable bonds is 8. The van der Waals surface area contributed by atoms with E-state index in [0.717, 1.165) is 25.9 Å². The van der Waals surface area contributed by atoms with Crippen LogP contribution in [0.4, 0.5) is 4.79 Å². The maximum atomic E-state index is 11.4. The van der Waals surface area contributed by atoms with Crippen molar-refractivity contribution in [1.82, 2.24) is 20.9 Å². The standard InChI is InChI=1S/C11H24N4O2/c1-4-5-6-13-11(17)14-10(16)9-15(3)8-7-12-2/h12H,4-9H2,1-3H3,(H2,13,14,16,17). The van der Waals surface area contributed by atoms with Crippen LogP contribution in [-0.4, -0.2) is 57.1 Å². The zero-order valence-electron chi connectivity index (χ0n) is 11.0. The summed E-state index contributed by atoms with van der Waals surface area (Å²) >= 11 is 0. The highest BCUT2D eigenvalue weighted by Gasteiger charge is 2.09. The van der Waals surface area contributed by atoms with E-state index in [1.807, 2.05) is 25.9 Å². The molecule has 6 nitrogen and oxygen atoms in total. The summed E-state index contributed by atoms with van der Waals surface area (Å²) in [5.74, 6) is -0.280. The SMILES string of the molecule is CCCCNC(=O)NC(=O)CN(C)CCNC. The predicted octanol–water partition coefficient (Wildman–Crippen LogP) is -0.236. The molecule has 0 radical (unpaired) electrons. The molecule has 0 saturated heterocycles. The van der Waals surface area contributed by atoms with Gasteiger partial charge in [0.05, 0.1) is 6.54 Å². The average Bonchev–Trinajstić information content (AvgIpc) is 2.26. The molecule has 0 atom stereocenters. The first-order valence-electron chi connectivity index (χ1n) is 6.01. The van der Waals surface area contributed by atoms with Crippen LogP contribution in [0.25, 0.3) is 0 Å². The second-order valence-electron chi connectivity index (χ2n) is 4.00. The van der Waals surface area contributed by atoms with Gasteiger partial charge in [0.1, 0.15) is 0 Å². The minimum atomic E-state index is -0.412. The molecule has 0 rings (SSSR count). The summed E-state index contributed by atoms with van der Waals surface area (Å²) in [6, 6.07) is -0.412. The third-order valence-corrected chi connectivity index (χ3v) is 2.23. The van der Waals surface area contributed by atoms with Crippen LogP contribution in [0, 0.1) is 0 Å². The molecule has 0 aliphatic heterocycles. The third-order valence-electron chi connectivity index (χ3n) is 2.23. The highest BCUT2D eigenvalue weighted by atomic mass is 16.2. The van der Waals surface area contributed by atoms with Crippen LogP contribution in [0.2, 0.25) is 0 Å². The topological polar surface area (TPSA) is 73.5 Å². The summed E-state index contributed by atoms with van der Waals surface area (Å²) in [6.07, 6.45) is 1.94. The van der Waals surface area contributed by atoms with Crippen LogP contribution in [0.1, 0.15) is 19.8 Å². The summed E-state index contributed by atoms with van der Waals surface area (Å²) in [4.78, 5) is 24.5. The van der Waals surface area contributed by atoms with E-state index in [1.54, 1.807) is 0 Å². The second kappa shape index (κ2) is 10.0. The minimum absolute atomic E-state index is 0.225. The Morgan fingerprint density at radius 1 is 1.24 bits per heavy atom. The summed E-state index contributed by atoms with van der Waals surface area (Å²) in [5, 5.41) is 7.92. The first-order chi connectivity index (χ1) is 8.10. The van der Waals surface area contributed by atoms with Gasteiger partial charge >= 0.3 is 6.03 Å². The van der Waals surface area contributed by atoms with Crippen LogP contribution >= 0.6 is 0 Å². The van der Waals surface area contributed by atoms with E-state index in [4.69, 9.17) is 0 Å². The van der Waals surface area contributed by atoms with Crippen molar-refractivity contribution in [2.45, 2.75) is 19.8 Å². The molecule has 3 amide bonds. The van der Waals surface area contributed by atoms with Gasteiger partial charge in [-0.15, -0.1) is 0 Å². The third kappa shape index (κ3) is 9.77. The highest BCUT2D eigenvalue weighted by Crippen LogP contribution is 1.83. The van der Waals surface area contributed by atoms with Crippen molar-refractivity contribution in [1.29, 1.82) is 0 Å². The molecule has 0 unspecified atom stereocenters. The number of likely N-dealkylation sites (N-methyl/N-ethyl adjacent to an activating group) is 2. The number of hydrogen-bond donors (Lipinski definition) is 3. The molecule has 0 bridgehead atoms. The first-order valence-corrected chi connectivity index (χ1v) is 6.01. The Kier molecular flexibility index (Phi) is 9.37. The lowest BCUT2D eigenvalue weighted by Gasteiger charge is -2.15. The van der Waals surface area contributed by atoms with Crippen LogP contribution in [0.3, 0.4) is 0 Å². The van der Waals surface area contributed by atoms with Crippen LogP contribution in [-0.2, 0) is 4.79 Å². The van der Waals surface area contributed by atoms with Crippen molar-refractivity contribution < 1.29 is 9.59 Å². The van der Waals surface area contributed by atoms with Crippen molar-refractivity contribution in [2.24, 2.45) is 0 Å². The molecule has 0 spiro atoms. The molecule has 0 aromatic rings. The van der Waals surface area contributed by atoms with E-state index in [1.165, 1.54) is 0 Å².